The molecule has 1 unspecified atom stereocenters. The lowest BCUT2D eigenvalue weighted by Gasteiger charge is -2.04. The Bertz CT molecular complexity index is 83.0. The molecule has 46 valence electrons. The monoisotopic (exact) mass is 114 g/mol. The van der Waals surface area contributed by atoms with E-state index in [1.807, 2.05) is 0 Å². The highest BCUT2D eigenvalue weighted by Crippen LogP contribution is 1.84. The maximum Gasteiger partial charge on any atom is 0.107 e. The van der Waals surface area contributed by atoms with Crippen molar-refractivity contribution < 1.29 is 9.84 Å². The van der Waals surface area contributed by atoms with Gasteiger partial charge in [-0.1, -0.05) is 5.92 Å². The summed E-state index contributed by atoms with van der Waals surface area (Å²) in [4.78, 5) is 0. The molecule has 0 heterocycles. The summed E-state index contributed by atoms with van der Waals surface area (Å²) in [5, 5.41) is 8.37. The minimum Gasteiger partial charge on any atom is -0.394 e. The Kier molecular flexibility index (Phi) is 4.33. The second kappa shape index (κ2) is 4.63. The predicted octanol–water partition coefficient (Wildman–Crippen LogP) is 0.0170. The van der Waals surface area contributed by atoms with Crippen molar-refractivity contribution in [2.24, 2.45) is 0 Å². The highest BCUT2D eigenvalue weighted by atomic mass is 16.5. The minimum absolute atomic E-state index is 0.0294. The quantitative estimate of drug-likeness (QED) is 0.524. The summed E-state index contributed by atoms with van der Waals surface area (Å²) in [6.45, 7) is 2.07. The van der Waals surface area contributed by atoms with Crippen LogP contribution in [0.1, 0.15) is 6.92 Å². The van der Waals surface area contributed by atoms with Crippen molar-refractivity contribution in [3.05, 3.63) is 0 Å². The lowest BCUT2D eigenvalue weighted by Crippen LogP contribution is -2.12. The van der Waals surface area contributed by atoms with E-state index >= 15 is 0 Å². The van der Waals surface area contributed by atoms with Crippen molar-refractivity contribution in [1.82, 2.24) is 0 Å². The fourth-order valence-electron chi connectivity index (χ4n) is 0.243. The second-order valence-electron chi connectivity index (χ2n) is 1.51. The molecule has 0 aliphatic rings. The average Bonchev–Trinajstić information content (AvgIpc) is 1.83. The van der Waals surface area contributed by atoms with E-state index < -0.39 is 0 Å². The lowest BCUT2D eigenvalue weighted by atomic mass is 10.4. The first-order valence-electron chi connectivity index (χ1n) is 2.47. The van der Waals surface area contributed by atoms with Gasteiger partial charge in [-0.2, -0.15) is 0 Å². The number of rotatable bonds is 3. The lowest BCUT2D eigenvalue weighted by molar-refractivity contribution is 0.0440. The molecule has 0 saturated heterocycles. The maximum atomic E-state index is 8.37. The summed E-state index contributed by atoms with van der Waals surface area (Å²) >= 11 is 0. The molecule has 0 spiro atoms. The molecule has 0 bridgehead atoms. The molecule has 0 rings (SSSR count). The summed E-state index contributed by atoms with van der Waals surface area (Å²) in [5.41, 5.74) is 0. The van der Waals surface area contributed by atoms with Crippen LogP contribution in [0.2, 0.25) is 0 Å². The van der Waals surface area contributed by atoms with Gasteiger partial charge in [-0.3, -0.25) is 0 Å². The first kappa shape index (κ1) is 7.48. The van der Waals surface area contributed by atoms with Crippen molar-refractivity contribution in [3.63, 3.8) is 0 Å². The van der Waals surface area contributed by atoms with E-state index in [1.165, 1.54) is 0 Å². The van der Waals surface area contributed by atoms with Crippen molar-refractivity contribution >= 4 is 0 Å². The highest BCUT2D eigenvalue weighted by molar-refractivity contribution is 4.83. The molecule has 8 heavy (non-hydrogen) atoms. The number of terminal acetylenes is 1. The standard InChI is InChI=1S/C6H10O2/c1-3-4-8-6(2)5-7/h1,6-7H,4-5H2,2H3. The van der Waals surface area contributed by atoms with Crippen LogP contribution in [-0.4, -0.2) is 24.4 Å². The molecule has 0 radical (unpaired) electrons. The molecule has 0 aromatic heterocycles. The fourth-order valence-corrected chi connectivity index (χ4v) is 0.243. The van der Waals surface area contributed by atoms with Crippen LogP contribution in [0.25, 0.3) is 0 Å². The third-order valence-corrected chi connectivity index (χ3v) is 0.708. The predicted molar refractivity (Wildman–Crippen MR) is 31.3 cm³/mol. The van der Waals surface area contributed by atoms with E-state index in [0.29, 0.717) is 0 Å². The molecule has 0 saturated carbocycles. The van der Waals surface area contributed by atoms with E-state index in [1.54, 1.807) is 6.92 Å². The van der Waals surface area contributed by atoms with Crippen LogP contribution in [0.4, 0.5) is 0 Å². The van der Waals surface area contributed by atoms with Gasteiger partial charge in [0.15, 0.2) is 0 Å². The first-order valence-corrected chi connectivity index (χ1v) is 2.47. The van der Waals surface area contributed by atoms with Gasteiger partial charge in [-0.05, 0) is 6.92 Å². The van der Waals surface area contributed by atoms with Gasteiger partial charge in [0.2, 0.25) is 0 Å². The van der Waals surface area contributed by atoms with E-state index in [2.05, 4.69) is 5.92 Å². The second-order valence-corrected chi connectivity index (χ2v) is 1.51. The van der Waals surface area contributed by atoms with Crippen molar-refractivity contribution in [3.8, 4) is 12.3 Å². The normalized spacial score (nSPS) is 12.6. The number of hydrogen-bond donors (Lipinski definition) is 1. The molecule has 0 aromatic carbocycles. The SMILES string of the molecule is C#CCOC(C)CO. The van der Waals surface area contributed by atoms with E-state index in [4.69, 9.17) is 16.3 Å². The van der Waals surface area contributed by atoms with Crippen molar-refractivity contribution in [2.75, 3.05) is 13.2 Å². The average molecular weight is 114 g/mol. The van der Waals surface area contributed by atoms with Crippen LogP contribution in [0.5, 0.6) is 0 Å². The minimum atomic E-state index is -0.133. The molecule has 2 nitrogen and oxygen atoms in total. The molecule has 1 atom stereocenters. The molecule has 2 heteroatoms. The molecule has 0 aliphatic heterocycles. The summed E-state index contributed by atoms with van der Waals surface area (Å²) in [7, 11) is 0. The Balaban J connectivity index is 3.01. The number of ether oxygens (including phenoxy) is 1. The van der Waals surface area contributed by atoms with Gasteiger partial charge in [-0.25, -0.2) is 0 Å². The summed E-state index contributed by atoms with van der Waals surface area (Å²) in [6, 6.07) is 0. The summed E-state index contributed by atoms with van der Waals surface area (Å²) in [6.07, 6.45) is 4.74. The third-order valence-electron chi connectivity index (χ3n) is 0.708. The molecular weight excluding hydrogens is 104 g/mol. The molecule has 0 aromatic rings. The van der Waals surface area contributed by atoms with Gasteiger partial charge in [0.25, 0.3) is 0 Å². The Hall–Kier alpha value is -0.520. The molecule has 0 aliphatic carbocycles. The number of hydrogen-bond acceptors (Lipinski definition) is 2. The Morgan fingerprint density at radius 2 is 2.50 bits per heavy atom. The van der Waals surface area contributed by atoms with Gasteiger partial charge in [-0.15, -0.1) is 6.42 Å². The van der Waals surface area contributed by atoms with E-state index in [0.717, 1.165) is 0 Å². The molecular formula is C6H10O2. The van der Waals surface area contributed by atoms with Gasteiger partial charge >= 0.3 is 0 Å². The zero-order valence-electron chi connectivity index (χ0n) is 4.92. The van der Waals surface area contributed by atoms with Gasteiger partial charge in [0.1, 0.15) is 6.61 Å². The third kappa shape index (κ3) is 3.66. The summed E-state index contributed by atoms with van der Waals surface area (Å²) < 4.78 is 4.85. The van der Waals surface area contributed by atoms with Gasteiger partial charge < -0.3 is 9.84 Å². The summed E-state index contributed by atoms with van der Waals surface area (Å²) in [5.74, 6) is 2.30. The van der Waals surface area contributed by atoms with Crippen LogP contribution in [0.15, 0.2) is 0 Å². The highest BCUT2D eigenvalue weighted by Gasteiger charge is 1.94. The topological polar surface area (TPSA) is 29.5 Å². The van der Waals surface area contributed by atoms with Crippen LogP contribution in [-0.2, 0) is 4.74 Å². The molecule has 0 fully saturated rings. The maximum absolute atomic E-state index is 8.37. The Morgan fingerprint density at radius 3 is 2.88 bits per heavy atom. The van der Waals surface area contributed by atoms with Crippen LogP contribution >= 0.6 is 0 Å². The van der Waals surface area contributed by atoms with Crippen molar-refractivity contribution in [2.45, 2.75) is 13.0 Å². The first-order chi connectivity index (χ1) is 3.81. The largest absolute Gasteiger partial charge is 0.394 e. The van der Waals surface area contributed by atoms with Crippen LogP contribution < -0.4 is 0 Å². The van der Waals surface area contributed by atoms with E-state index in [9.17, 15) is 0 Å². The Morgan fingerprint density at radius 1 is 1.88 bits per heavy atom. The Labute approximate surface area is 49.5 Å². The zero-order chi connectivity index (χ0) is 6.41. The zero-order valence-corrected chi connectivity index (χ0v) is 4.92. The van der Waals surface area contributed by atoms with Gasteiger partial charge in [0, 0.05) is 0 Å². The fraction of sp³-hybridized carbons (Fsp3) is 0.667. The number of aliphatic hydroxyl groups excluding tert-OH is 1. The van der Waals surface area contributed by atoms with E-state index in [-0.39, 0.29) is 19.3 Å². The van der Waals surface area contributed by atoms with Crippen molar-refractivity contribution in [1.29, 1.82) is 0 Å². The van der Waals surface area contributed by atoms with Gasteiger partial charge in [0.05, 0.1) is 12.7 Å². The smallest absolute Gasteiger partial charge is 0.107 e. The van der Waals surface area contributed by atoms with Crippen LogP contribution in [0.3, 0.4) is 0 Å². The molecule has 1 N–H and O–H groups in total. The van der Waals surface area contributed by atoms with Crippen LogP contribution in [0, 0.1) is 12.3 Å². The number of aliphatic hydroxyl groups is 1. The molecule has 0 amide bonds.